The van der Waals surface area contributed by atoms with E-state index in [4.69, 9.17) is 0 Å². The van der Waals surface area contributed by atoms with Crippen LogP contribution in [0.2, 0.25) is 0 Å². The van der Waals surface area contributed by atoms with E-state index in [9.17, 15) is 0 Å². The van der Waals surface area contributed by atoms with Crippen LogP contribution < -0.4 is 0 Å². The minimum absolute atomic E-state index is 0. The largest absolute Gasteiger partial charge is 4.00 e. The van der Waals surface area contributed by atoms with Gasteiger partial charge < -0.3 is 73.3 Å². The van der Waals surface area contributed by atoms with Gasteiger partial charge in [0, 0.05) is 54.1 Å². The molecule has 5 heteroatoms. The molecule has 4 radical (unpaired) electrons. The van der Waals surface area contributed by atoms with Crippen LogP contribution in [0.15, 0.2) is 358 Å². The second-order valence-electron chi connectivity index (χ2n) is 27.3. The SMILES string of the molecule is CC1(C)C=CC(C)(C2C=Cc3ccccc32)C2CC[CH-]C21.[CH3-].[CH3-].[CH3-].[CH3-].[CH3-].[CH3-].[CH3-].[CH3-].[CH3-].[Hf+4].[Nb].[Sc].[V+4].[Zr+3].[c-]1cccc2c1Cc1ccccc1-2.c1cc[cH-]c1.c1cc[cH-]c1.c1ccc2[cH-]ccc2c1.c1ccc2[cH-]ccc2c1.c1ccc2[cH-]ccc2c1.c1ccc2c(c1)Cc1c([CH-]c3cccc4c3Cc3ccccc3-4)cccc1-2. The molecule has 1 saturated carbocycles. The van der Waals surface area contributed by atoms with Gasteiger partial charge in [0.15, 0.2) is 0 Å². The Bertz CT molecular complexity index is 4690. The monoisotopic (exact) mass is 1850 g/mol. The van der Waals surface area contributed by atoms with Gasteiger partial charge in [-0.15, -0.1) is 124 Å². The smallest absolute Gasteiger partial charge is 0.358 e. The number of benzene rings is 10. The van der Waals surface area contributed by atoms with Crippen molar-refractivity contribution in [1.29, 1.82) is 0 Å². The number of fused-ring (bicyclic) bond motifs is 14. The van der Waals surface area contributed by atoms with Gasteiger partial charge in [-0.1, -0.05) is 219 Å². The molecule has 0 N–H and O–H groups in total. The molecule has 0 saturated heterocycles. The molecule has 0 nitrogen and oxygen atoms in total. The number of hydrogen-bond donors (Lipinski definition) is 0. The van der Waals surface area contributed by atoms with Crippen molar-refractivity contribution in [2.45, 2.75) is 58.8 Å². The van der Waals surface area contributed by atoms with Gasteiger partial charge in [0.2, 0.25) is 0 Å². The molecule has 0 aliphatic heterocycles. The quantitative estimate of drug-likeness (QED) is 0.0940. The molecule has 15 aromatic carbocycles. The van der Waals surface area contributed by atoms with Gasteiger partial charge >= 0.3 is 70.6 Å². The topological polar surface area (TPSA) is 0 Å². The van der Waals surface area contributed by atoms with Gasteiger partial charge in [-0.25, -0.2) is 24.3 Å². The Morgan fingerprint density at radius 1 is 0.402 bits per heavy atom. The van der Waals surface area contributed by atoms with E-state index >= 15 is 0 Å². The van der Waals surface area contributed by atoms with Gasteiger partial charge in [0.1, 0.15) is 0 Å². The average Bonchev–Trinajstić information content (AvgIpc) is 1.51. The fourth-order valence-corrected chi connectivity index (χ4v) is 15.7. The third-order valence-corrected chi connectivity index (χ3v) is 20.8. The first kappa shape index (κ1) is 105. The van der Waals surface area contributed by atoms with Crippen molar-refractivity contribution in [1.82, 2.24) is 0 Å². The van der Waals surface area contributed by atoms with Crippen LogP contribution in [-0.2, 0) is 138 Å². The Hall–Kier alpha value is -6.97. The first-order valence-corrected chi connectivity index (χ1v) is 35.0. The van der Waals surface area contributed by atoms with Crippen molar-refractivity contribution in [3.63, 3.8) is 0 Å². The summed E-state index contributed by atoms with van der Waals surface area (Å²) >= 11 is 0. The summed E-state index contributed by atoms with van der Waals surface area (Å²) in [7, 11) is 0. The summed E-state index contributed by atoms with van der Waals surface area (Å²) in [6.07, 6.45) is 20.6. The van der Waals surface area contributed by atoms with Crippen LogP contribution in [0.1, 0.15) is 95.2 Å². The molecule has 4 unspecified atom stereocenters. The molecule has 4 atom stereocenters. The van der Waals surface area contributed by atoms with Gasteiger partial charge in [-0.3, -0.25) is 0 Å². The van der Waals surface area contributed by atoms with E-state index in [1.54, 1.807) is 0 Å². The maximum absolute atomic E-state index is 3.30. The minimum atomic E-state index is 0. The summed E-state index contributed by atoms with van der Waals surface area (Å²) in [5.41, 5.74) is 23.1. The summed E-state index contributed by atoms with van der Waals surface area (Å²) < 4.78 is 0. The van der Waals surface area contributed by atoms with Gasteiger partial charge in [0.05, 0.1) is 0 Å². The van der Waals surface area contributed by atoms with Crippen LogP contribution in [0, 0.1) is 108 Å². The molecule has 0 heterocycles. The van der Waals surface area contributed by atoms with Crippen LogP contribution in [0.25, 0.3) is 71.8 Å². The minimum Gasteiger partial charge on any atom is -0.358 e. The zero-order valence-corrected chi connectivity index (χ0v) is 79.5. The Kier molecular flexibility index (Phi) is 47.3. The zero-order valence-electron chi connectivity index (χ0n) is 68.0. The average molecular weight is 1860 g/mol. The predicted molar refractivity (Wildman–Crippen MR) is 476 cm³/mol. The van der Waals surface area contributed by atoms with Crippen molar-refractivity contribution >= 4 is 38.4 Å². The van der Waals surface area contributed by atoms with E-state index in [-0.39, 0.29) is 191 Å². The normalized spacial score (nSPS) is 15.1. The van der Waals surface area contributed by atoms with Crippen molar-refractivity contribution in [3.05, 3.63) is 499 Å². The van der Waals surface area contributed by atoms with Crippen LogP contribution in [0.4, 0.5) is 0 Å². The molecule has 0 amide bonds. The number of hydrogen-bond acceptors (Lipinski definition) is 0. The van der Waals surface area contributed by atoms with Crippen molar-refractivity contribution in [2.24, 2.45) is 22.7 Å². The summed E-state index contributed by atoms with van der Waals surface area (Å²) in [6, 6.07) is 122. The molecule has 0 spiro atoms. The second kappa shape index (κ2) is 50.4. The molecular weight excluding hydrogens is 1740 g/mol. The Balaban J connectivity index is 0.00000131. The molecule has 0 aromatic heterocycles. The van der Waals surface area contributed by atoms with E-state index in [0.29, 0.717) is 11.3 Å². The van der Waals surface area contributed by atoms with Crippen molar-refractivity contribution in [3.8, 4) is 33.4 Å². The molecule has 6 aliphatic rings. The third-order valence-electron chi connectivity index (χ3n) is 20.8. The van der Waals surface area contributed by atoms with E-state index < -0.39 is 0 Å². The first-order valence-electron chi connectivity index (χ1n) is 35.0. The molecule has 6 aliphatic carbocycles. The van der Waals surface area contributed by atoms with Crippen LogP contribution >= 0.6 is 0 Å². The molecule has 15 aromatic rings. The Morgan fingerprint density at radius 2 is 0.795 bits per heavy atom. The maximum atomic E-state index is 3.30. The zero-order chi connectivity index (χ0) is 66.5. The molecule has 21 rings (SSSR count). The van der Waals surface area contributed by atoms with Crippen molar-refractivity contribution < 1.29 is 119 Å². The van der Waals surface area contributed by atoms with Gasteiger partial charge in [-0.05, 0) is 74.6 Å². The molecule has 1 fully saturated rings. The maximum Gasteiger partial charge on any atom is 4.00 e. The fourth-order valence-electron chi connectivity index (χ4n) is 15.7. The summed E-state index contributed by atoms with van der Waals surface area (Å²) in [5.74, 6) is 2.05. The molecular formula is C107H111HfNbScVZr-6. The van der Waals surface area contributed by atoms with Gasteiger partial charge in [0.25, 0.3) is 0 Å². The number of rotatable bonds is 3. The first-order chi connectivity index (χ1) is 48.3. The van der Waals surface area contributed by atoms with Crippen LogP contribution in [0.3, 0.4) is 0 Å². The second-order valence-corrected chi connectivity index (χ2v) is 27.3. The fraction of sp³-hybridized carbons (Fsp3) is 0.121. The predicted octanol–water partition coefficient (Wildman–Crippen LogP) is 29.6. The Morgan fingerprint density at radius 3 is 1.24 bits per heavy atom. The molecule has 112 heavy (non-hydrogen) atoms. The molecule has 566 valence electrons. The van der Waals surface area contributed by atoms with Crippen LogP contribution in [-0.4, -0.2) is 0 Å². The van der Waals surface area contributed by atoms with Crippen molar-refractivity contribution in [2.75, 3.05) is 0 Å². The van der Waals surface area contributed by atoms with Crippen LogP contribution in [0.5, 0.6) is 0 Å². The summed E-state index contributed by atoms with van der Waals surface area (Å²) in [5, 5.41) is 7.99. The van der Waals surface area contributed by atoms with E-state index in [2.05, 4.69) is 337 Å². The number of allylic oxidation sites excluding steroid dienone is 3. The molecule has 0 bridgehead atoms. The van der Waals surface area contributed by atoms with Gasteiger partial charge in [-0.2, -0.15) is 131 Å². The van der Waals surface area contributed by atoms with E-state index in [1.165, 1.54) is 134 Å². The third kappa shape index (κ3) is 24.5. The van der Waals surface area contributed by atoms with E-state index in [1.807, 2.05) is 66.7 Å². The Labute approximate surface area is 763 Å². The van der Waals surface area contributed by atoms with E-state index in [0.717, 1.165) is 31.1 Å². The standard InChI is InChI=1S/C27H19.C21H25.C13H9.3C9H7.2C5H5.9CH3.Hf.Nb.Sc.V.Zr/c1-3-11-22-20(7-1)16-26-18(9-5-13-24(22)26)15-19-10-6-14-25-23-12-4-2-8-21(23)17-27(19)25;1-20(2)13-14-21(3,19-10-6-9-18(19)20)17-12-11-15-7-4-5-8-16(15)17;1-3-7-12-10(5-1)9-11-6-2-4-8-13(11)12;3*1-2-5-9-7-3-6-8(9)4-1;2*1-2-4-5-3-1;;;;;;;;;;;;;;/h1-15H,16-17H2;4-5,7-9,11-14,17-19H,6,10H2,1-3H3;1-5,7-8H,9H2;3*1-7H;2*1-5H;9*1H3;;;;;/q17*-1;+4;;;+4;+3. The summed E-state index contributed by atoms with van der Waals surface area (Å²) in [6.45, 7) is 7.30. The summed E-state index contributed by atoms with van der Waals surface area (Å²) in [4.78, 5) is 0.